The second-order valence-electron chi connectivity index (χ2n) is 18.6. The van der Waals surface area contributed by atoms with E-state index in [-0.39, 0.29) is 110 Å². The van der Waals surface area contributed by atoms with Crippen molar-refractivity contribution in [3.05, 3.63) is 65.2 Å². The molecule has 0 radical (unpaired) electrons. The lowest BCUT2D eigenvalue weighted by atomic mass is 9.93. The molecular weight excluding hydrogens is 1030 g/mol. The number of amides is 1. The summed E-state index contributed by atoms with van der Waals surface area (Å²) in [6, 6.07) is 15.0. The number of nitrogens with zero attached hydrogens (tertiary/aromatic N) is 8. The summed E-state index contributed by atoms with van der Waals surface area (Å²) in [6.45, 7) is 17.7. The van der Waals surface area contributed by atoms with Crippen LogP contribution in [-0.4, -0.2) is 163 Å². The van der Waals surface area contributed by atoms with Gasteiger partial charge in [0, 0.05) is 92.1 Å². The molecule has 1 fully saturated rings. The molecule has 0 saturated carbocycles. The summed E-state index contributed by atoms with van der Waals surface area (Å²) in [4.78, 5) is 41.3. The van der Waals surface area contributed by atoms with Gasteiger partial charge in [-0.25, -0.2) is 22.1 Å². The SMILES string of the molecule is CCN(CC)c1ccc2c(-c3cccc(S(=O)(=O)N(CCCCCC(=O)O)c4nc(Cl)nc(N5CCOCCOCCN(C(=O)OC(C)(C)C)CCOCC5)n4)c3S(=O)(=O)O)c3ccc(=[N+](CC)CC)cc-3oc2c1. The molecule has 21 nitrogen and oxygen atoms in total. The van der Waals surface area contributed by atoms with Gasteiger partial charge in [-0.2, -0.15) is 23.4 Å². The van der Waals surface area contributed by atoms with Crippen LogP contribution in [0.25, 0.3) is 33.4 Å². The predicted molar refractivity (Wildman–Crippen MR) is 286 cm³/mol. The highest BCUT2D eigenvalue weighted by atomic mass is 35.5. The van der Waals surface area contributed by atoms with Crippen molar-refractivity contribution in [1.29, 1.82) is 0 Å². The Labute approximate surface area is 444 Å². The van der Waals surface area contributed by atoms with Gasteiger partial charge in [0.1, 0.15) is 39.8 Å². The van der Waals surface area contributed by atoms with Crippen molar-refractivity contribution in [1.82, 2.24) is 24.4 Å². The molecule has 75 heavy (non-hydrogen) atoms. The second-order valence-corrected chi connectivity index (χ2v) is 22.1. The number of carboxylic acids is 1. The molecule has 3 heterocycles. The first-order valence-electron chi connectivity index (χ1n) is 25.3. The molecule has 24 heteroatoms. The zero-order chi connectivity index (χ0) is 54.5. The van der Waals surface area contributed by atoms with Gasteiger partial charge in [-0.15, -0.1) is 0 Å². The van der Waals surface area contributed by atoms with Crippen molar-refractivity contribution in [3.63, 3.8) is 0 Å². The van der Waals surface area contributed by atoms with Crippen molar-refractivity contribution in [2.45, 2.75) is 89.5 Å². The van der Waals surface area contributed by atoms with Gasteiger partial charge in [0.05, 0.1) is 45.7 Å². The molecule has 1 aliphatic carbocycles. The molecule has 2 aromatic carbocycles. The van der Waals surface area contributed by atoms with Gasteiger partial charge >= 0.3 is 12.1 Å². The number of sulfonamides is 1. The standard InChI is InChI=1S/C51H69ClN8O13S2/c1-8-56(9-2)36-19-21-38-41(34-36)72-42-35-37(57(10-3)11-4)20-22-39(42)45(38)40-16-15-17-43(46(40)75(66,67)68)74(64,65)60(23-14-12-13-18-44(61)62)49-54-47(52)53-48(55-49)58-24-28-69-30-26-59(50(63)73-51(5,6)7)27-31-71-33-32-70-29-25-58/h15-17,19-22,34-35H,8-14,18,23-33H2,1-7H3,(H-,61,62,66,67,68)/p+1. The number of hydrogen-bond donors (Lipinski definition) is 2. The molecule has 0 unspecified atom stereocenters. The number of aliphatic carboxylic acids is 1. The van der Waals surface area contributed by atoms with E-state index in [2.05, 4.69) is 24.4 Å². The lowest BCUT2D eigenvalue weighted by Crippen LogP contribution is -2.41. The Morgan fingerprint density at radius 2 is 1.45 bits per heavy atom. The van der Waals surface area contributed by atoms with Gasteiger partial charge < -0.3 is 43.2 Å². The minimum atomic E-state index is -5.39. The van der Waals surface area contributed by atoms with Crippen molar-refractivity contribution < 1.29 is 59.4 Å². The highest BCUT2D eigenvalue weighted by molar-refractivity contribution is 7.94. The maximum Gasteiger partial charge on any atom is 0.410 e. The van der Waals surface area contributed by atoms with Crippen molar-refractivity contribution in [3.8, 4) is 22.5 Å². The molecule has 3 aliphatic rings. The molecule has 6 rings (SSSR count). The van der Waals surface area contributed by atoms with Crippen LogP contribution in [0.2, 0.25) is 5.28 Å². The number of halogens is 1. The van der Waals surface area contributed by atoms with Gasteiger partial charge in [0.2, 0.25) is 22.5 Å². The van der Waals surface area contributed by atoms with E-state index in [1.165, 1.54) is 17.0 Å². The van der Waals surface area contributed by atoms with E-state index in [1.807, 2.05) is 52.0 Å². The Hall–Kier alpha value is -5.69. The quantitative estimate of drug-likeness (QED) is 0.0416. The molecule has 0 spiro atoms. The smallest absolute Gasteiger partial charge is 0.410 e. The van der Waals surface area contributed by atoms with Crippen LogP contribution < -0.4 is 24.0 Å². The number of ether oxygens (including phenoxy) is 4. The molecule has 3 aromatic rings. The van der Waals surface area contributed by atoms with E-state index >= 15 is 8.42 Å². The summed E-state index contributed by atoms with van der Waals surface area (Å²) in [5.41, 5.74) is 1.14. The zero-order valence-corrected chi connectivity index (χ0v) is 46.2. The average Bonchev–Trinajstić information content (AvgIpc) is 3.36. The van der Waals surface area contributed by atoms with Crippen LogP contribution in [0, 0.1) is 0 Å². The number of fused-ring (bicyclic) bond motifs is 2. The maximum absolute atomic E-state index is 15.5. The molecule has 1 saturated heterocycles. The van der Waals surface area contributed by atoms with Crippen LogP contribution in [-0.2, 0) is 43.9 Å². The van der Waals surface area contributed by atoms with Crippen LogP contribution in [0.4, 0.5) is 22.4 Å². The number of rotatable bonds is 17. The number of aromatic nitrogens is 3. The van der Waals surface area contributed by atoms with E-state index in [9.17, 15) is 27.7 Å². The van der Waals surface area contributed by atoms with Crippen LogP contribution in [0.5, 0.6) is 0 Å². The summed E-state index contributed by atoms with van der Waals surface area (Å²) in [5.74, 6) is -1.18. The molecule has 0 atom stereocenters. The summed E-state index contributed by atoms with van der Waals surface area (Å²) >= 11 is 6.62. The van der Waals surface area contributed by atoms with Crippen molar-refractivity contribution >= 4 is 72.4 Å². The topological polar surface area (TPSA) is 248 Å². The van der Waals surface area contributed by atoms with E-state index < -0.39 is 58.8 Å². The second kappa shape index (κ2) is 26.4. The Bertz CT molecular complexity index is 3030. The summed E-state index contributed by atoms with van der Waals surface area (Å²) in [6.07, 6.45) is -0.155. The number of unbranched alkanes of at least 4 members (excludes halogenated alkanes) is 2. The first-order chi connectivity index (χ1) is 35.7. The number of carbonyl (C=O) groups is 2. The predicted octanol–water partition coefficient (Wildman–Crippen LogP) is 6.90. The van der Waals surface area contributed by atoms with E-state index in [0.717, 1.165) is 21.4 Å². The lowest BCUT2D eigenvalue weighted by molar-refractivity contribution is -0.137. The van der Waals surface area contributed by atoms with Crippen molar-refractivity contribution in [2.75, 3.05) is 113 Å². The fraction of sp³-hybridized carbons (Fsp3) is 0.529. The Kier molecular flexibility index (Phi) is 20.6. The zero-order valence-electron chi connectivity index (χ0n) is 43.8. The average molecular weight is 1100 g/mol. The summed E-state index contributed by atoms with van der Waals surface area (Å²) in [5, 5.41) is 10.3. The van der Waals surface area contributed by atoms with Gasteiger partial charge in [-0.05, 0) is 97.2 Å². The first kappa shape index (κ1) is 58.6. The first-order valence-corrected chi connectivity index (χ1v) is 28.5. The van der Waals surface area contributed by atoms with Gasteiger partial charge in [-0.1, -0.05) is 18.6 Å². The van der Waals surface area contributed by atoms with E-state index in [0.29, 0.717) is 54.0 Å². The third-order valence-electron chi connectivity index (χ3n) is 12.4. The number of carboxylic acid groups (broad SMARTS) is 1. The van der Waals surface area contributed by atoms with E-state index in [4.69, 9.17) is 35.0 Å². The van der Waals surface area contributed by atoms with Gasteiger partial charge in [0.15, 0.2) is 0 Å². The van der Waals surface area contributed by atoms with Gasteiger partial charge in [-0.3, -0.25) is 9.35 Å². The van der Waals surface area contributed by atoms with Crippen LogP contribution >= 0.6 is 11.6 Å². The third kappa shape index (κ3) is 15.3. The minimum Gasteiger partial charge on any atom is -0.481 e. The number of carbonyl (C=O) groups excluding carboxylic acids is 1. The number of anilines is 3. The molecule has 2 N–H and O–H groups in total. The minimum absolute atomic E-state index is 0.0675. The van der Waals surface area contributed by atoms with Crippen molar-refractivity contribution in [2.24, 2.45) is 0 Å². The molecular formula is C51H70ClN8O13S2+. The highest BCUT2D eigenvalue weighted by Crippen LogP contribution is 2.45. The van der Waals surface area contributed by atoms with Crippen LogP contribution in [0.1, 0.15) is 74.1 Å². The molecule has 0 bridgehead atoms. The molecule has 2 aliphatic heterocycles. The summed E-state index contributed by atoms with van der Waals surface area (Å²) in [7, 11) is -10.5. The third-order valence-corrected chi connectivity index (χ3v) is 15.5. The highest BCUT2D eigenvalue weighted by Gasteiger charge is 2.37. The molecule has 1 amide bonds. The Morgan fingerprint density at radius 1 is 0.800 bits per heavy atom. The fourth-order valence-electron chi connectivity index (χ4n) is 8.70. The monoisotopic (exact) mass is 1100 g/mol. The maximum atomic E-state index is 15.5. The Balaban J connectivity index is 1.48. The summed E-state index contributed by atoms with van der Waals surface area (Å²) < 4.78 is 103. The van der Waals surface area contributed by atoms with Crippen LogP contribution in [0.15, 0.2) is 68.8 Å². The number of benzene rings is 3. The number of hydrogen-bond acceptors (Lipinski definition) is 16. The fourth-order valence-corrected chi connectivity index (χ4v) is 11.8. The Morgan fingerprint density at radius 3 is 2.07 bits per heavy atom. The normalized spacial score (nSPS) is 14.8. The van der Waals surface area contributed by atoms with E-state index in [1.54, 1.807) is 37.8 Å². The van der Waals surface area contributed by atoms with Gasteiger partial charge in [0.25, 0.3) is 20.1 Å². The van der Waals surface area contributed by atoms with Crippen LogP contribution in [0.3, 0.4) is 0 Å². The molecule has 410 valence electrons. The largest absolute Gasteiger partial charge is 0.481 e. The lowest BCUT2D eigenvalue weighted by Gasteiger charge is -2.28. The molecule has 1 aromatic heterocycles.